The number of nitrogens with one attached hydrogen (secondary N) is 2. The van der Waals surface area contributed by atoms with E-state index < -0.39 is 0 Å². The largest absolute Gasteiger partial charge is 0.396 e. The summed E-state index contributed by atoms with van der Waals surface area (Å²) in [4.78, 5) is 4.79. The molecule has 3 rings (SSSR count). The average molecular weight is 366 g/mol. The summed E-state index contributed by atoms with van der Waals surface area (Å²) >= 11 is 6.10. The van der Waals surface area contributed by atoms with Gasteiger partial charge >= 0.3 is 0 Å². The molecule has 0 aromatic heterocycles. The Hall–Kier alpha value is -1.30. The topological polar surface area (TPSA) is 65.9 Å². The number of hydrogen-bond acceptors (Lipinski definition) is 3. The lowest BCUT2D eigenvalue weighted by Gasteiger charge is -2.25. The zero-order chi connectivity index (χ0) is 17.7. The molecule has 2 aliphatic rings. The molecule has 1 aliphatic carbocycles. The molecule has 1 saturated carbocycles. The van der Waals surface area contributed by atoms with Gasteiger partial charge in [-0.15, -0.1) is 0 Å². The number of aliphatic hydroxyl groups is 1. The van der Waals surface area contributed by atoms with Crippen LogP contribution in [0.3, 0.4) is 0 Å². The standard InChI is InChI=1S/C19H28ClN3O2/c1-2-21-18(22-12-19(6-8-24)7-9-25-13-19)23-17-11-16(17)14-4-3-5-15(20)10-14/h3-5,10,16-17,24H,2,6-9,11-13H2,1H3,(H2,21,22,23). The van der Waals surface area contributed by atoms with Gasteiger partial charge in [-0.3, -0.25) is 4.99 Å². The second kappa shape index (κ2) is 8.39. The van der Waals surface area contributed by atoms with E-state index in [0.717, 1.165) is 43.4 Å². The van der Waals surface area contributed by atoms with E-state index in [9.17, 15) is 5.11 Å². The molecular weight excluding hydrogens is 338 g/mol. The van der Waals surface area contributed by atoms with Gasteiger partial charge < -0.3 is 20.5 Å². The minimum Gasteiger partial charge on any atom is -0.396 e. The van der Waals surface area contributed by atoms with Crippen LogP contribution in [0.2, 0.25) is 5.02 Å². The maximum atomic E-state index is 9.35. The Labute approximate surface area is 154 Å². The third kappa shape index (κ3) is 4.87. The van der Waals surface area contributed by atoms with Crippen molar-refractivity contribution in [3.05, 3.63) is 34.9 Å². The van der Waals surface area contributed by atoms with Crippen LogP contribution in [0.25, 0.3) is 0 Å². The number of halogens is 1. The highest BCUT2D eigenvalue weighted by Crippen LogP contribution is 2.41. The Bertz CT molecular complexity index is 602. The third-order valence-corrected chi connectivity index (χ3v) is 5.37. The van der Waals surface area contributed by atoms with Gasteiger partial charge in [-0.2, -0.15) is 0 Å². The summed E-state index contributed by atoms with van der Waals surface area (Å²) in [5, 5.41) is 17.0. The molecule has 3 atom stereocenters. The smallest absolute Gasteiger partial charge is 0.191 e. The summed E-state index contributed by atoms with van der Waals surface area (Å²) in [5.74, 6) is 1.34. The highest BCUT2D eigenvalue weighted by atomic mass is 35.5. The van der Waals surface area contributed by atoms with Crippen molar-refractivity contribution in [1.29, 1.82) is 0 Å². The molecule has 0 bridgehead atoms. The van der Waals surface area contributed by atoms with E-state index >= 15 is 0 Å². The molecular formula is C19H28ClN3O2. The van der Waals surface area contributed by atoms with Crippen molar-refractivity contribution in [2.45, 2.75) is 38.1 Å². The van der Waals surface area contributed by atoms with Gasteiger partial charge in [-0.1, -0.05) is 23.7 Å². The molecule has 1 heterocycles. The summed E-state index contributed by atoms with van der Waals surface area (Å²) in [7, 11) is 0. The van der Waals surface area contributed by atoms with Crippen LogP contribution in [0.5, 0.6) is 0 Å². The quantitative estimate of drug-likeness (QED) is 0.513. The number of benzene rings is 1. The van der Waals surface area contributed by atoms with E-state index in [1.54, 1.807) is 0 Å². The summed E-state index contributed by atoms with van der Waals surface area (Å²) in [6, 6.07) is 8.49. The SMILES string of the molecule is CCNC(=NCC1(CCO)CCOC1)NC1CC1c1cccc(Cl)c1. The van der Waals surface area contributed by atoms with Crippen LogP contribution < -0.4 is 10.6 Å². The predicted molar refractivity (Wildman–Crippen MR) is 101 cm³/mol. The molecule has 3 unspecified atom stereocenters. The van der Waals surface area contributed by atoms with Crippen molar-refractivity contribution >= 4 is 17.6 Å². The molecule has 0 amide bonds. The van der Waals surface area contributed by atoms with E-state index in [1.165, 1.54) is 5.56 Å². The first-order chi connectivity index (χ1) is 12.2. The molecule has 3 N–H and O–H groups in total. The lowest BCUT2D eigenvalue weighted by atomic mass is 9.84. The van der Waals surface area contributed by atoms with Crippen molar-refractivity contribution < 1.29 is 9.84 Å². The minimum absolute atomic E-state index is 0.0208. The van der Waals surface area contributed by atoms with Crippen molar-refractivity contribution in [3.8, 4) is 0 Å². The predicted octanol–water partition coefficient (Wildman–Crippen LogP) is 2.54. The number of guanidine groups is 1. The van der Waals surface area contributed by atoms with Gasteiger partial charge in [0.15, 0.2) is 5.96 Å². The number of nitrogens with zero attached hydrogens (tertiary/aromatic N) is 1. The fraction of sp³-hybridized carbons (Fsp3) is 0.632. The second-order valence-corrected chi connectivity index (χ2v) is 7.56. The Balaban J connectivity index is 1.60. The molecule has 1 aliphatic heterocycles. The van der Waals surface area contributed by atoms with Crippen molar-refractivity contribution in [1.82, 2.24) is 10.6 Å². The zero-order valence-corrected chi connectivity index (χ0v) is 15.6. The summed E-state index contributed by atoms with van der Waals surface area (Å²) in [6.07, 6.45) is 2.80. The molecule has 1 saturated heterocycles. The maximum Gasteiger partial charge on any atom is 0.191 e. The van der Waals surface area contributed by atoms with Crippen molar-refractivity contribution in [2.24, 2.45) is 10.4 Å². The van der Waals surface area contributed by atoms with Gasteiger partial charge in [-0.25, -0.2) is 0 Å². The van der Waals surface area contributed by atoms with Gasteiger partial charge in [0.1, 0.15) is 0 Å². The first kappa shape index (κ1) is 18.5. The Kier molecular flexibility index (Phi) is 6.20. The number of aliphatic imine (C=N–C) groups is 1. The summed E-state index contributed by atoms with van der Waals surface area (Å²) in [6.45, 7) is 5.20. The number of rotatable bonds is 7. The van der Waals surface area contributed by atoms with Crippen LogP contribution in [0, 0.1) is 5.41 Å². The molecule has 1 aromatic rings. The van der Waals surface area contributed by atoms with E-state index in [2.05, 4.69) is 23.6 Å². The van der Waals surface area contributed by atoms with Crippen molar-refractivity contribution in [2.75, 3.05) is 32.9 Å². The monoisotopic (exact) mass is 365 g/mol. The van der Waals surface area contributed by atoms with E-state index in [1.807, 2.05) is 18.2 Å². The van der Waals surface area contributed by atoms with Crippen LogP contribution in [0.1, 0.15) is 37.7 Å². The summed E-state index contributed by atoms with van der Waals surface area (Å²) in [5.41, 5.74) is 1.26. The highest BCUT2D eigenvalue weighted by molar-refractivity contribution is 6.30. The zero-order valence-electron chi connectivity index (χ0n) is 14.8. The Morgan fingerprint density at radius 3 is 3.04 bits per heavy atom. The third-order valence-electron chi connectivity index (χ3n) is 5.13. The lowest BCUT2D eigenvalue weighted by molar-refractivity contribution is 0.131. The van der Waals surface area contributed by atoms with Gasteiger partial charge in [0.2, 0.25) is 0 Å². The molecule has 0 radical (unpaired) electrons. The average Bonchev–Trinajstić information content (AvgIpc) is 3.21. The Morgan fingerprint density at radius 1 is 1.48 bits per heavy atom. The molecule has 2 fully saturated rings. The normalized spacial score (nSPS) is 28.8. The van der Waals surface area contributed by atoms with Crippen LogP contribution in [0.15, 0.2) is 29.3 Å². The van der Waals surface area contributed by atoms with Crippen LogP contribution in [-0.4, -0.2) is 50.0 Å². The number of hydrogen-bond donors (Lipinski definition) is 3. The fourth-order valence-electron chi connectivity index (χ4n) is 3.49. The minimum atomic E-state index is -0.0208. The van der Waals surface area contributed by atoms with Gasteiger partial charge in [0.05, 0.1) is 13.2 Å². The Morgan fingerprint density at radius 2 is 2.36 bits per heavy atom. The first-order valence-corrected chi connectivity index (χ1v) is 9.52. The van der Waals surface area contributed by atoms with Gasteiger partial charge in [0, 0.05) is 42.2 Å². The van der Waals surface area contributed by atoms with Crippen molar-refractivity contribution in [3.63, 3.8) is 0 Å². The lowest BCUT2D eigenvalue weighted by Crippen LogP contribution is -2.40. The van der Waals surface area contributed by atoms with Gasteiger partial charge in [0.25, 0.3) is 0 Å². The first-order valence-electron chi connectivity index (χ1n) is 9.15. The maximum absolute atomic E-state index is 9.35. The highest BCUT2D eigenvalue weighted by Gasteiger charge is 2.39. The summed E-state index contributed by atoms with van der Waals surface area (Å²) < 4.78 is 5.55. The van der Waals surface area contributed by atoms with E-state index in [-0.39, 0.29) is 12.0 Å². The second-order valence-electron chi connectivity index (χ2n) is 7.12. The molecule has 0 spiro atoms. The number of ether oxygens (including phenoxy) is 1. The van der Waals surface area contributed by atoms with E-state index in [0.29, 0.717) is 25.1 Å². The van der Waals surface area contributed by atoms with Gasteiger partial charge in [-0.05, 0) is 43.9 Å². The van der Waals surface area contributed by atoms with Crippen LogP contribution >= 0.6 is 11.6 Å². The van der Waals surface area contributed by atoms with E-state index in [4.69, 9.17) is 21.3 Å². The molecule has 6 heteroatoms. The molecule has 25 heavy (non-hydrogen) atoms. The molecule has 5 nitrogen and oxygen atoms in total. The molecule has 1 aromatic carbocycles. The van der Waals surface area contributed by atoms with Crippen LogP contribution in [-0.2, 0) is 4.74 Å². The van der Waals surface area contributed by atoms with Crippen LogP contribution in [0.4, 0.5) is 0 Å². The molecule has 138 valence electrons. The fourth-order valence-corrected chi connectivity index (χ4v) is 3.69. The number of aliphatic hydroxyl groups excluding tert-OH is 1.